The first-order valence-corrected chi connectivity index (χ1v) is 5.98. The predicted molar refractivity (Wildman–Crippen MR) is 64.6 cm³/mol. The van der Waals surface area contributed by atoms with E-state index in [0.717, 1.165) is 12.8 Å². The van der Waals surface area contributed by atoms with Crippen molar-refractivity contribution < 1.29 is 14.3 Å². The fourth-order valence-corrected chi connectivity index (χ4v) is 1.79. The summed E-state index contributed by atoms with van der Waals surface area (Å²) in [6.07, 6.45) is 1.49. The summed E-state index contributed by atoms with van der Waals surface area (Å²) in [5.74, 6) is 0.0224. The van der Waals surface area contributed by atoms with Gasteiger partial charge in [-0.3, -0.25) is 4.79 Å². The van der Waals surface area contributed by atoms with Crippen LogP contribution in [-0.4, -0.2) is 43.1 Å². The van der Waals surface area contributed by atoms with Crippen LogP contribution in [0.3, 0.4) is 0 Å². The van der Waals surface area contributed by atoms with Crippen LogP contribution in [0.1, 0.15) is 33.6 Å². The fraction of sp³-hybridized carbons (Fsp3) is 0.833. The SMILES string of the molecule is COC(=O)N1CCCC(NC(=O)C(C)(C)C)C1. The van der Waals surface area contributed by atoms with Gasteiger partial charge in [-0.25, -0.2) is 4.79 Å². The van der Waals surface area contributed by atoms with Crippen LogP contribution >= 0.6 is 0 Å². The number of hydrogen-bond donors (Lipinski definition) is 1. The second-order valence-corrected chi connectivity index (χ2v) is 5.48. The zero-order valence-corrected chi connectivity index (χ0v) is 11.1. The summed E-state index contributed by atoms with van der Waals surface area (Å²) in [5, 5.41) is 2.98. The van der Waals surface area contributed by atoms with Gasteiger partial charge in [0.05, 0.1) is 7.11 Å². The van der Waals surface area contributed by atoms with E-state index >= 15 is 0 Å². The number of likely N-dealkylation sites (tertiary alicyclic amines) is 1. The number of methoxy groups -OCH3 is 1. The van der Waals surface area contributed by atoms with Gasteiger partial charge >= 0.3 is 6.09 Å². The Labute approximate surface area is 102 Å². The van der Waals surface area contributed by atoms with E-state index in [2.05, 4.69) is 10.1 Å². The number of nitrogens with zero attached hydrogens (tertiary/aromatic N) is 1. The maximum Gasteiger partial charge on any atom is 0.409 e. The van der Waals surface area contributed by atoms with E-state index in [1.54, 1.807) is 4.90 Å². The molecule has 5 heteroatoms. The van der Waals surface area contributed by atoms with Gasteiger partial charge in [0.1, 0.15) is 0 Å². The molecule has 0 bridgehead atoms. The molecule has 0 spiro atoms. The molecule has 5 nitrogen and oxygen atoms in total. The van der Waals surface area contributed by atoms with E-state index < -0.39 is 5.41 Å². The third-order valence-corrected chi connectivity index (χ3v) is 2.87. The Morgan fingerprint density at radius 2 is 2.00 bits per heavy atom. The number of carbonyl (C=O) groups is 2. The van der Waals surface area contributed by atoms with E-state index in [1.165, 1.54) is 7.11 Å². The third-order valence-electron chi connectivity index (χ3n) is 2.87. The zero-order chi connectivity index (χ0) is 13.1. The summed E-state index contributed by atoms with van der Waals surface area (Å²) in [6.45, 7) is 6.87. The van der Waals surface area contributed by atoms with Crippen LogP contribution < -0.4 is 5.32 Å². The molecule has 1 heterocycles. The Hall–Kier alpha value is -1.26. The van der Waals surface area contributed by atoms with Gasteiger partial charge in [0, 0.05) is 24.5 Å². The first-order chi connectivity index (χ1) is 7.84. The summed E-state index contributed by atoms with van der Waals surface area (Å²) in [6, 6.07) is 0.0366. The van der Waals surface area contributed by atoms with Gasteiger partial charge in [-0.2, -0.15) is 0 Å². The van der Waals surface area contributed by atoms with E-state index in [-0.39, 0.29) is 18.0 Å². The second-order valence-electron chi connectivity index (χ2n) is 5.48. The van der Waals surface area contributed by atoms with Crippen molar-refractivity contribution in [1.29, 1.82) is 0 Å². The Bertz CT molecular complexity index is 297. The monoisotopic (exact) mass is 242 g/mol. The number of carbonyl (C=O) groups excluding carboxylic acids is 2. The Morgan fingerprint density at radius 1 is 1.35 bits per heavy atom. The number of piperidine rings is 1. The largest absolute Gasteiger partial charge is 0.453 e. The van der Waals surface area contributed by atoms with Crippen molar-refractivity contribution in [3.63, 3.8) is 0 Å². The maximum atomic E-state index is 11.8. The molecule has 0 aromatic carbocycles. The summed E-state index contributed by atoms with van der Waals surface area (Å²) in [5.41, 5.74) is -0.395. The minimum atomic E-state index is -0.395. The number of hydrogen-bond acceptors (Lipinski definition) is 3. The van der Waals surface area contributed by atoms with Gasteiger partial charge in [0.15, 0.2) is 0 Å². The lowest BCUT2D eigenvalue weighted by Crippen LogP contribution is -2.51. The first kappa shape index (κ1) is 13.8. The lowest BCUT2D eigenvalue weighted by Gasteiger charge is -2.33. The molecule has 1 rings (SSSR count). The van der Waals surface area contributed by atoms with Crippen molar-refractivity contribution in [2.45, 2.75) is 39.7 Å². The standard InChI is InChI=1S/C12H22N2O3/c1-12(2,3)10(15)13-9-6-5-7-14(8-9)11(16)17-4/h9H,5-8H2,1-4H3,(H,13,15). The first-order valence-electron chi connectivity index (χ1n) is 5.98. The molecular formula is C12H22N2O3. The molecular weight excluding hydrogens is 220 g/mol. The highest BCUT2D eigenvalue weighted by Crippen LogP contribution is 2.16. The molecule has 1 N–H and O–H groups in total. The highest BCUT2D eigenvalue weighted by atomic mass is 16.5. The van der Waals surface area contributed by atoms with Crippen molar-refractivity contribution in [2.24, 2.45) is 5.41 Å². The lowest BCUT2D eigenvalue weighted by atomic mass is 9.94. The summed E-state index contributed by atoms with van der Waals surface area (Å²) < 4.78 is 4.68. The van der Waals surface area contributed by atoms with Crippen LogP contribution in [0.2, 0.25) is 0 Å². The van der Waals surface area contributed by atoms with Gasteiger partial charge in [0.25, 0.3) is 0 Å². The van der Waals surface area contributed by atoms with Crippen LogP contribution in [0.15, 0.2) is 0 Å². The van der Waals surface area contributed by atoms with Crippen molar-refractivity contribution >= 4 is 12.0 Å². The number of nitrogens with one attached hydrogen (secondary N) is 1. The molecule has 0 aliphatic carbocycles. The normalized spacial score (nSPS) is 20.9. The predicted octanol–water partition coefficient (Wildman–Crippen LogP) is 1.38. The minimum absolute atomic E-state index is 0.0224. The average molecular weight is 242 g/mol. The Kier molecular flexibility index (Phi) is 4.37. The summed E-state index contributed by atoms with van der Waals surface area (Å²) in [4.78, 5) is 24.9. The van der Waals surface area contributed by atoms with Crippen molar-refractivity contribution in [2.75, 3.05) is 20.2 Å². The number of ether oxygens (including phenoxy) is 1. The molecule has 1 fully saturated rings. The Balaban J connectivity index is 2.50. The fourth-order valence-electron chi connectivity index (χ4n) is 1.79. The van der Waals surface area contributed by atoms with Crippen LogP contribution in [-0.2, 0) is 9.53 Å². The van der Waals surface area contributed by atoms with Crippen LogP contribution in [0.4, 0.5) is 4.79 Å². The highest BCUT2D eigenvalue weighted by molar-refractivity contribution is 5.81. The average Bonchev–Trinajstić information content (AvgIpc) is 2.27. The molecule has 2 amide bonds. The van der Waals surface area contributed by atoms with Gasteiger partial charge in [-0.05, 0) is 12.8 Å². The molecule has 0 aromatic heterocycles. The van der Waals surface area contributed by atoms with Crippen LogP contribution in [0.25, 0.3) is 0 Å². The lowest BCUT2D eigenvalue weighted by molar-refractivity contribution is -0.129. The minimum Gasteiger partial charge on any atom is -0.453 e. The summed E-state index contributed by atoms with van der Waals surface area (Å²) in [7, 11) is 1.37. The molecule has 0 radical (unpaired) electrons. The molecule has 1 aliphatic rings. The number of amides is 2. The van der Waals surface area contributed by atoms with Gasteiger partial charge < -0.3 is 15.0 Å². The smallest absolute Gasteiger partial charge is 0.409 e. The summed E-state index contributed by atoms with van der Waals surface area (Å²) >= 11 is 0. The quantitative estimate of drug-likeness (QED) is 0.755. The van der Waals surface area contributed by atoms with Crippen molar-refractivity contribution in [3.8, 4) is 0 Å². The Morgan fingerprint density at radius 3 is 2.53 bits per heavy atom. The van der Waals surface area contributed by atoms with Crippen molar-refractivity contribution in [1.82, 2.24) is 10.2 Å². The molecule has 17 heavy (non-hydrogen) atoms. The maximum absolute atomic E-state index is 11.8. The van der Waals surface area contributed by atoms with Crippen LogP contribution in [0.5, 0.6) is 0 Å². The molecule has 1 atom stereocenters. The second kappa shape index (κ2) is 5.38. The molecule has 98 valence electrons. The molecule has 0 aromatic rings. The highest BCUT2D eigenvalue weighted by Gasteiger charge is 2.28. The zero-order valence-electron chi connectivity index (χ0n) is 11.1. The van der Waals surface area contributed by atoms with E-state index in [0.29, 0.717) is 13.1 Å². The third kappa shape index (κ3) is 3.91. The van der Waals surface area contributed by atoms with Crippen LogP contribution in [0, 0.1) is 5.41 Å². The van der Waals surface area contributed by atoms with Gasteiger partial charge in [-0.15, -0.1) is 0 Å². The molecule has 1 aliphatic heterocycles. The van der Waals surface area contributed by atoms with Gasteiger partial charge in [0.2, 0.25) is 5.91 Å². The van der Waals surface area contributed by atoms with E-state index in [1.807, 2.05) is 20.8 Å². The topological polar surface area (TPSA) is 58.6 Å². The molecule has 1 saturated heterocycles. The van der Waals surface area contributed by atoms with Crippen molar-refractivity contribution in [3.05, 3.63) is 0 Å². The van der Waals surface area contributed by atoms with Gasteiger partial charge in [-0.1, -0.05) is 20.8 Å². The van der Waals surface area contributed by atoms with E-state index in [4.69, 9.17) is 0 Å². The number of rotatable bonds is 1. The van der Waals surface area contributed by atoms with E-state index in [9.17, 15) is 9.59 Å². The molecule has 0 saturated carbocycles. The molecule has 1 unspecified atom stereocenters.